The maximum atomic E-state index is 13.0. The maximum Gasteiger partial charge on any atom is 0.319 e. The largest absolute Gasteiger partial charge is 0.333 e. The van der Waals surface area contributed by atoms with E-state index in [-0.39, 0.29) is 24.6 Å². The molecule has 9 heteroatoms. The van der Waals surface area contributed by atoms with Gasteiger partial charge in [0.15, 0.2) is 0 Å². The number of carbonyl (C=O) groups excluding carboxylic acids is 2. The minimum absolute atomic E-state index is 0.0604. The molecule has 1 aliphatic heterocycles. The summed E-state index contributed by atoms with van der Waals surface area (Å²) in [4.78, 5) is 36.1. The van der Waals surface area contributed by atoms with Gasteiger partial charge in [-0.25, -0.2) is 9.18 Å². The molecule has 0 aliphatic carbocycles. The van der Waals surface area contributed by atoms with Gasteiger partial charge in [-0.05, 0) is 42.8 Å². The van der Waals surface area contributed by atoms with Crippen LogP contribution in [0.15, 0.2) is 42.5 Å². The van der Waals surface area contributed by atoms with Gasteiger partial charge in [-0.2, -0.15) is 0 Å². The van der Waals surface area contributed by atoms with Crippen molar-refractivity contribution in [3.63, 3.8) is 0 Å². The Labute approximate surface area is 154 Å². The van der Waals surface area contributed by atoms with Crippen molar-refractivity contribution in [1.29, 1.82) is 0 Å². The van der Waals surface area contributed by atoms with Crippen molar-refractivity contribution < 1.29 is 18.9 Å². The molecule has 3 rings (SSSR count). The van der Waals surface area contributed by atoms with Gasteiger partial charge in [0.05, 0.1) is 11.0 Å². The van der Waals surface area contributed by atoms with E-state index in [0.29, 0.717) is 16.9 Å². The molecular formula is C18H17FN4O4. The number of nitrogens with zero attached hydrogens (tertiary/aromatic N) is 2. The quantitative estimate of drug-likeness (QED) is 0.636. The van der Waals surface area contributed by atoms with E-state index >= 15 is 0 Å². The van der Waals surface area contributed by atoms with E-state index in [1.165, 1.54) is 47.4 Å². The first kappa shape index (κ1) is 18.3. The summed E-state index contributed by atoms with van der Waals surface area (Å²) in [7, 11) is 0. The third kappa shape index (κ3) is 4.20. The van der Waals surface area contributed by atoms with Crippen molar-refractivity contribution in [2.24, 2.45) is 0 Å². The molecule has 2 aromatic rings. The summed E-state index contributed by atoms with van der Waals surface area (Å²) in [6.07, 6.45) is 0.129. The number of anilines is 2. The molecule has 1 unspecified atom stereocenters. The molecule has 0 aromatic heterocycles. The summed E-state index contributed by atoms with van der Waals surface area (Å²) in [6, 6.07) is 8.78. The highest BCUT2D eigenvalue weighted by molar-refractivity contribution is 5.97. The highest BCUT2D eigenvalue weighted by Gasteiger charge is 2.31. The van der Waals surface area contributed by atoms with Gasteiger partial charge in [-0.3, -0.25) is 14.9 Å². The molecule has 0 spiro atoms. The molecule has 0 bridgehead atoms. The minimum Gasteiger partial charge on any atom is -0.333 e. The number of carbonyl (C=O) groups is 2. The Hall–Kier alpha value is -3.49. The Bertz CT molecular complexity index is 901. The van der Waals surface area contributed by atoms with Crippen molar-refractivity contribution in [1.82, 2.24) is 5.32 Å². The van der Waals surface area contributed by atoms with Gasteiger partial charge in [-0.1, -0.05) is 0 Å². The Balaban J connectivity index is 1.61. The first-order chi connectivity index (χ1) is 12.8. The third-order valence-corrected chi connectivity index (χ3v) is 4.27. The second kappa shape index (κ2) is 7.40. The van der Waals surface area contributed by atoms with Crippen LogP contribution in [-0.4, -0.2) is 29.4 Å². The number of hydrogen-bond donors (Lipinski definition) is 2. The van der Waals surface area contributed by atoms with Crippen LogP contribution in [0.3, 0.4) is 0 Å². The number of benzene rings is 2. The minimum atomic E-state index is -0.509. The van der Waals surface area contributed by atoms with Gasteiger partial charge in [0, 0.05) is 36.5 Å². The molecule has 0 radical (unpaired) electrons. The molecule has 1 fully saturated rings. The van der Waals surface area contributed by atoms with Gasteiger partial charge < -0.3 is 15.5 Å². The average Bonchev–Trinajstić information content (AvgIpc) is 2.97. The van der Waals surface area contributed by atoms with Crippen LogP contribution < -0.4 is 15.5 Å². The zero-order valence-electron chi connectivity index (χ0n) is 14.4. The Morgan fingerprint density at radius 2 is 1.96 bits per heavy atom. The zero-order valence-corrected chi connectivity index (χ0v) is 14.4. The lowest BCUT2D eigenvalue weighted by molar-refractivity contribution is -0.384. The number of halogens is 1. The smallest absolute Gasteiger partial charge is 0.319 e. The molecule has 8 nitrogen and oxygen atoms in total. The second-order valence-corrected chi connectivity index (χ2v) is 6.24. The van der Waals surface area contributed by atoms with Crippen LogP contribution in [0.5, 0.6) is 0 Å². The van der Waals surface area contributed by atoms with Crippen LogP contribution in [0.4, 0.5) is 26.2 Å². The SMILES string of the molecule is Cc1cc([N+](=O)[O-])ccc1NC(=O)NC1CC(=O)N(c2ccc(F)cc2)C1. The molecule has 3 amide bonds. The number of nitrogens with one attached hydrogen (secondary N) is 2. The van der Waals surface area contributed by atoms with Gasteiger partial charge in [-0.15, -0.1) is 0 Å². The molecular weight excluding hydrogens is 355 g/mol. The third-order valence-electron chi connectivity index (χ3n) is 4.27. The normalized spacial score (nSPS) is 16.3. The number of amides is 3. The molecule has 1 aliphatic rings. The molecule has 2 N–H and O–H groups in total. The molecule has 1 saturated heterocycles. The number of nitro benzene ring substituents is 1. The number of nitro groups is 1. The number of hydrogen-bond acceptors (Lipinski definition) is 4. The van der Waals surface area contributed by atoms with E-state index in [0.717, 1.165) is 0 Å². The highest BCUT2D eigenvalue weighted by Crippen LogP contribution is 2.23. The van der Waals surface area contributed by atoms with Crippen molar-refractivity contribution in [3.8, 4) is 0 Å². The summed E-state index contributed by atoms with van der Waals surface area (Å²) in [5, 5.41) is 16.1. The average molecular weight is 372 g/mol. The van der Waals surface area contributed by atoms with E-state index in [9.17, 15) is 24.1 Å². The van der Waals surface area contributed by atoms with Crippen LogP contribution in [0.2, 0.25) is 0 Å². The number of rotatable bonds is 4. The van der Waals surface area contributed by atoms with Crippen LogP contribution in [-0.2, 0) is 4.79 Å². The molecule has 1 heterocycles. The van der Waals surface area contributed by atoms with Gasteiger partial charge in [0.1, 0.15) is 5.82 Å². The predicted octanol–water partition coefficient (Wildman–Crippen LogP) is 2.97. The fraction of sp³-hybridized carbons (Fsp3) is 0.222. The van der Waals surface area contributed by atoms with Gasteiger partial charge >= 0.3 is 6.03 Å². The van der Waals surface area contributed by atoms with E-state index < -0.39 is 22.8 Å². The summed E-state index contributed by atoms with van der Waals surface area (Å²) in [5.41, 5.74) is 1.50. The zero-order chi connectivity index (χ0) is 19.6. The summed E-state index contributed by atoms with van der Waals surface area (Å²) >= 11 is 0. The van der Waals surface area contributed by atoms with Crippen LogP contribution in [0.1, 0.15) is 12.0 Å². The van der Waals surface area contributed by atoms with E-state index in [1.54, 1.807) is 6.92 Å². The Kier molecular flexibility index (Phi) is 5.02. The van der Waals surface area contributed by atoms with Crippen LogP contribution in [0.25, 0.3) is 0 Å². The van der Waals surface area contributed by atoms with Crippen molar-refractivity contribution >= 4 is 29.0 Å². The van der Waals surface area contributed by atoms with Crippen LogP contribution >= 0.6 is 0 Å². The van der Waals surface area contributed by atoms with Gasteiger partial charge in [0.25, 0.3) is 5.69 Å². The van der Waals surface area contributed by atoms with E-state index in [4.69, 9.17) is 0 Å². The molecule has 1 atom stereocenters. The molecule has 27 heavy (non-hydrogen) atoms. The lowest BCUT2D eigenvalue weighted by Crippen LogP contribution is -2.39. The topological polar surface area (TPSA) is 105 Å². The number of aryl methyl sites for hydroxylation is 1. The molecule has 140 valence electrons. The summed E-state index contributed by atoms with van der Waals surface area (Å²) < 4.78 is 13.0. The summed E-state index contributed by atoms with van der Waals surface area (Å²) in [6.45, 7) is 1.93. The predicted molar refractivity (Wildman–Crippen MR) is 97.1 cm³/mol. The Morgan fingerprint density at radius 3 is 2.59 bits per heavy atom. The standard InChI is InChI=1S/C18H17FN4O4/c1-11-8-15(23(26)27)6-7-16(11)21-18(25)20-13-9-17(24)22(10-13)14-4-2-12(19)3-5-14/h2-8,13H,9-10H2,1H3,(H2,20,21,25). The lowest BCUT2D eigenvalue weighted by Gasteiger charge is -2.17. The van der Waals surface area contributed by atoms with Crippen molar-refractivity contribution in [3.05, 3.63) is 64.0 Å². The lowest BCUT2D eigenvalue weighted by atomic mass is 10.2. The first-order valence-electron chi connectivity index (χ1n) is 8.22. The Morgan fingerprint density at radius 1 is 1.26 bits per heavy atom. The van der Waals surface area contributed by atoms with Crippen molar-refractivity contribution in [2.75, 3.05) is 16.8 Å². The molecule has 0 saturated carbocycles. The van der Waals surface area contributed by atoms with Crippen LogP contribution in [0, 0.1) is 22.9 Å². The summed E-state index contributed by atoms with van der Waals surface area (Å²) in [5.74, 6) is -0.559. The van der Waals surface area contributed by atoms with E-state index in [2.05, 4.69) is 10.6 Å². The maximum absolute atomic E-state index is 13.0. The second-order valence-electron chi connectivity index (χ2n) is 6.24. The van der Waals surface area contributed by atoms with Gasteiger partial charge in [0.2, 0.25) is 5.91 Å². The fourth-order valence-corrected chi connectivity index (χ4v) is 2.92. The highest BCUT2D eigenvalue weighted by atomic mass is 19.1. The molecule has 2 aromatic carbocycles. The fourth-order valence-electron chi connectivity index (χ4n) is 2.92. The van der Waals surface area contributed by atoms with Crippen molar-refractivity contribution in [2.45, 2.75) is 19.4 Å². The first-order valence-corrected chi connectivity index (χ1v) is 8.22. The number of non-ortho nitro benzene ring substituents is 1. The monoisotopic (exact) mass is 372 g/mol. The number of urea groups is 1. The van der Waals surface area contributed by atoms with E-state index in [1.807, 2.05) is 0 Å².